The number of aromatic nitrogens is 1. The maximum Gasteiger partial charge on any atom is 0.257 e. The zero-order valence-corrected chi connectivity index (χ0v) is 14.6. The van der Waals surface area contributed by atoms with Crippen LogP contribution in [0.3, 0.4) is 0 Å². The summed E-state index contributed by atoms with van der Waals surface area (Å²) < 4.78 is 10.5. The van der Waals surface area contributed by atoms with Gasteiger partial charge in [-0.05, 0) is 18.2 Å². The summed E-state index contributed by atoms with van der Waals surface area (Å²) in [6.45, 7) is 1.64. The highest BCUT2D eigenvalue weighted by atomic mass is 32.1. The Morgan fingerprint density at radius 1 is 1.08 bits per heavy atom. The normalized spacial score (nSPS) is 12.0. The van der Waals surface area contributed by atoms with E-state index in [0.717, 1.165) is 16.9 Å². The maximum atomic E-state index is 12.5. The molecule has 0 unspecified atom stereocenters. The Balaban J connectivity index is 1.62. The Hall–Kier alpha value is -3.19. The molecule has 26 heavy (non-hydrogen) atoms. The smallest absolute Gasteiger partial charge is 0.257 e. The van der Waals surface area contributed by atoms with Crippen molar-refractivity contribution in [3.8, 4) is 22.8 Å². The van der Waals surface area contributed by atoms with Gasteiger partial charge in [-0.2, -0.15) is 0 Å². The molecule has 1 amide bonds. The molecular weight excluding hydrogens is 352 g/mol. The number of carbonyl (C=O) groups excluding carboxylic acids is 2. The average molecular weight is 366 g/mol. The highest BCUT2D eigenvalue weighted by Gasteiger charge is 2.20. The van der Waals surface area contributed by atoms with Gasteiger partial charge >= 0.3 is 0 Å². The van der Waals surface area contributed by atoms with Gasteiger partial charge in [0.15, 0.2) is 22.4 Å². The van der Waals surface area contributed by atoms with E-state index in [9.17, 15) is 9.59 Å². The lowest BCUT2D eigenvalue weighted by molar-refractivity contribution is 0.101. The zero-order valence-electron chi connectivity index (χ0n) is 13.8. The van der Waals surface area contributed by atoms with Crippen LogP contribution in [-0.4, -0.2) is 23.5 Å². The van der Waals surface area contributed by atoms with E-state index in [-0.39, 0.29) is 18.5 Å². The number of anilines is 1. The van der Waals surface area contributed by atoms with Gasteiger partial charge in [0.2, 0.25) is 6.79 Å². The number of thiazole rings is 1. The van der Waals surface area contributed by atoms with E-state index in [0.29, 0.717) is 32.8 Å². The fourth-order valence-corrected chi connectivity index (χ4v) is 3.49. The van der Waals surface area contributed by atoms with Gasteiger partial charge in [0, 0.05) is 18.1 Å². The average Bonchev–Trinajstić information content (AvgIpc) is 3.28. The summed E-state index contributed by atoms with van der Waals surface area (Å²) in [4.78, 5) is 29.4. The molecule has 1 aliphatic heterocycles. The van der Waals surface area contributed by atoms with Crippen molar-refractivity contribution in [3.63, 3.8) is 0 Å². The van der Waals surface area contributed by atoms with E-state index >= 15 is 0 Å². The van der Waals surface area contributed by atoms with E-state index in [2.05, 4.69) is 10.3 Å². The van der Waals surface area contributed by atoms with Crippen LogP contribution in [0.4, 0.5) is 5.13 Å². The molecule has 4 rings (SSSR count). The third kappa shape index (κ3) is 3.04. The lowest BCUT2D eigenvalue weighted by Crippen LogP contribution is -2.11. The highest BCUT2D eigenvalue weighted by molar-refractivity contribution is 7.18. The minimum atomic E-state index is -0.327. The van der Waals surface area contributed by atoms with Crippen LogP contribution in [-0.2, 0) is 0 Å². The summed E-state index contributed by atoms with van der Waals surface area (Å²) in [5, 5.41) is 3.13. The summed E-state index contributed by atoms with van der Waals surface area (Å²) >= 11 is 1.16. The first-order valence-corrected chi connectivity index (χ1v) is 8.71. The predicted octanol–water partition coefficient (Wildman–Crippen LogP) is 3.99. The number of hydrogen-bond donors (Lipinski definition) is 1. The number of nitrogens with zero attached hydrogens (tertiary/aromatic N) is 1. The number of amides is 1. The van der Waals surface area contributed by atoms with Gasteiger partial charge in [-0.15, -0.1) is 0 Å². The van der Waals surface area contributed by atoms with Crippen molar-refractivity contribution >= 4 is 28.2 Å². The van der Waals surface area contributed by atoms with Crippen molar-refractivity contribution in [2.24, 2.45) is 0 Å². The molecule has 3 aromatic rings. The molecule has 0 bridgehead atoms. The first-order valence-electron chi connectivity index (χ1n) is 7.90. The van der Waals surface area contributed by atoms with Gasteiger partial charge in [0.1, 0.15) is 0 Å². The van der Waals surface area contributed by atoms with Gasteiger partial charge in [0.25, 0.3) is 5.91 Å². The van der Waals surface area contributed by atoms with Crippen molar-refractivity contribution < 1.29 is 19.1 Å². The Labute approximate surface area is 153 Å². The van der Waals surface area contributed by atoms with Gasteiger partial charge in [0.05, 0.1) is 10.6 Å². The minimum Gasteiger partial charge on any atom is -0.454 e. The molecule has 1 aliphatic rings. The quantitative estimate of drug-likeness (QED) is 0.707. The lowest BCUT2D eigenvalue weighted by Gasteiger charge is -2.03. The van der Waals surface area contributed by atoms with Crippen molar-refractivity contribution in [2.45, 2.75) is 6.92 Å². The fraction of sp³-hybridized carbons (Fsp3) is 0.105. The van der Waals surface area contributed by atoms with Crippen molar-refractivity contribution in [1.82, 2.24) is 4.98 Å². The molecule has 0 fully saturated rings. The number of Topliss-reactive ketones (excluding diaryl/α,β-unsaturated/α-hetero) is 1. The highest BCUT2D eigenvalue weighted by Crippen LogP contribution is 2.34. The number of benzene rings is 2. The topological polar surface area (TPSA) is 77.5 Å². The van der Waals surface area contributed by atoms with Crippen LogP contribution >= 0.6 is 11.3 Å². The number of ketones is 1. The van der Waals surface area contributed by atoms with Crippen LogP contribution in [0.15, 0.2) is 48.5 Å². The van der Waals surface area contributed by atoms with Gasteiger partial charge in [-0.1, -0.05) is 41.7 Å². The lowest BCUT2D eigenvalue weighted by atomic mass is 10.1. The second-order valence-corrected chi connectivity index (χ2v) is 6.64. The molecule has 1 aromatic heterocycles. The monoisotopic (exact) mass is 366 g/mol. The van der Waals surface area contributed by atoms with E-state index < -0.39 is 0 Å². The van der Waals surface area contributed by atoms with Gasteiger partial charge in [-0.3, -0.25) is 14.9 Å². The number of nitrogens with one attached hydrogen (secondary N) is 1. The summed E-state index contributed by atoms with van der Waals surface area (Å²) in [6.07, 6.45) is 0. The molecular formula is C19H14N2O4S. The third-order valence-corrected chi connectivity index (χ3v) is 4.92. The molecule has 0 spiro atoms. The van der Waals surface area contributed by atoms with Crippen LogP contribution in [0, 0.1) is 0 Å². The Bertz CT molecular complexity index is 998. The molecule has 2 heterocycles. The van der Waals surface area contributed by atoms with Crippen LogP contribution in [0.1, 0.15) is 27.0 Å². The Morgan fingerprint density at radius 2 is 1.85 bits per heavy atom. The van der Waals surface area contributed by atoms with E-state index in [1.165, 1.54) is 6.92 Å². The molecule has 130 valence electrons. The number of ether oxygens (including phenoxy) is 2. The summed E-state index contributed by atoms with van der Waals surface area (Å²) in [7, 11) is 0. The second-order valence-electron chi connectivity index (χ2n) is 5.64. The number of carbonyl (C=O) groups is 2. The van der Waals surface area contributed by atoms with Crippen molar-refractivity contribution in [3.05, 3.63) is 59.0 Å². The standard InChI is InChI=1S/C19H14N2O4S/c1-11(22)17-16(12-5-3-2-4-6-12)20-19(26-17)21-18(23)13-7-8-14-15(9-13)25-10-24-14/h2-9H,10H2,1H3,(H,20,21,23). The number of rotatable bonds is 4. The van der Waals surface area contributed by atoms with E-state index in [1.54, 1.807) is 18.2 Å². The third-order valence-electron chi connectivity index (χ3n) is 3.85. The molecule has 0 aliphatic carbocycles. The summed E-state index contributed by atoms with van der Waals surface area (Å²) in [6, 6.07) is 14.4. The van der Waals surface area contributed by atoms with Gasteiger partial charge in [-0.25, -0.2) is 4.98 Å². The first kappa shape index (κ1) is 16.3. The Kier molecular flexibility index (Phi) is 4.14. The van der Waals surface area contributed by atoms with Crippen LogP contribution in [0.2, 0.25) is 0 Å². The second kappa shape index (κ2) is 6.61. The molecule has 1 N–H and O–H groups in total. The Morgan fingerprint density at radius 3 is 2.62 bits per heavy atom. The van der Waals surface area contributed by atoms with Crippen LogP contribution < -0.4 is 14.8 Å². The van der Waals surface area contributed by atoms with Crippen molar-refractivity contribution in [1.29, 1.82) is 0 Å². The summed E-state index contributed by atoms with van der Waals surface area (Å²) in [5.41, 5.74) is 1.83. The van der Waals surface area contributed by atoms with Crippen molar-refractivity contribution in [2.75, 3.05) is 12.1 Å². The maximum absolute atomic E-state index is 12.5. The van der Waals surface area contributed by atoms with Crippen LogP contribution in [0.5, 0.6) is 11.5 Å². The first-order chi connectivity index (χ1) is 12.6. The van der Waals surface area contributed by atoms with Gasteiger partial charge < -0.3 is 9.47 Å². The fourth-order valence-electron chi connectivity index (χ4n) is 2.61. The molecule has 6 nitrogen and oxygen atoms in total. The molecule has 7 heteroatoms. The summed E-state index contributed by atoms with van der Waals surface area (Å²) in [5.74, 6) is 0.726. The molecule has 0 saturated carbocycles. The molecule has 0 radical (unpaired) electrons. The van der Waals surface area contributed by atoms with E-state index in [4.69, 9.17) is 9.47 Å². The minimum absolute atomic E-state index is 0.0927. The zero-order chi connectivity index (χ0) is 18.1. The molecule has 0 saturated heterocycles. The largest absolute Gasteiger partial charge is 0.454 e. The molecule has 2 aromatic carbocycles. The molecule has 0 atom stereocenters. The SMILES string of the molecule is CC(=O)c1sc(NC(=O)c2ccc3c(c2)OCO3)nc1-c1ccccc1. The van der Waals surface area contributed by atoms with Crippen LogP contribution in [0.25, 0.3) is 11.3 Å². The number of hydrogen-bond acceptors (Lipinski definition) is 6. The van der Waals surface area contributed by atoms with E-state index in [1.807, 2.05) is 30.3 Å². The number of fused-ring (bicyclic) bond motifs is 1. The predicted molar refractivity (Wildman–Crippen MR) is 98.1 cm³/mol.